The maximum atomic E-state index is 13.4. The summed E-state index contributed by atoms with van der Waals surface area (Å²) in [7, 11) is 1.56. The number of methoxy groups -OCH3 is 1. The molecule has 5 aromatic rings. The molecule has 0 atom stereocenters. The molecule has 0 aliphatic rings. The number of nitrogen functional groups attached to an aromatic ring is 1. The summed E-state index contributed by atoms with van der Waals surface area (Å²) in [4.78, 5) is 23.0. The zero-order valence-electron chi connectivity index (χ0n) is 17.7. The number of hydrogen-bond donors (Lipinski definition) is 2. The highest BCUT2D eigenvalue weighted by atomic mass is 16.5. The number of carbonyl (C=O) groups excluding carboxylic acids is 1. The maximum absolute atomic E-state index is 13.4. The number of aryl methyl sites for hydroxylation is 1. The second-order valence-corrected chi connectivity index (χ2v) is 7.47. The van der Waals surface area contributed by atoms with E-state index in [4.69, 9.17) is 20.4 Å². The van der Waals surface area contributed by atoms with Gasteiger partial charge in [0.25, 0.3) is 5.91 Å². The predicted octanol–water partition coefficient (Wildman–Crippen LogP) is 4.73. The summed E-state index contributed by atoms with van der Waals surface area (Å²) in [6.07, 6.45) is 0. The number of nitrogens with two attached hydrogens (primary N) is 1. The molecule has 0 spiro atoms. The first-order chi connectivity index (χ1) is 15.6. The lowest BCUT2D eigenvalue weighted by molar-refractivity contribution is 0.102. The fourth-order valence-corrected chi connectivity index (χ4v) is 3.77. The van der Waals surface area contributed by atoms with Crippen LogP contribution >= 0.6 is 0 Å². The van der Waals surface area contributed by atoms with Crippen LogP contribution in [0.3, 0.4) is 0 Å². The molecule has 0 radical (unpaired) electrons. The lowest BCUT2D eigenvalue weighted by atomic mass is 10.2. The van der Waals surface area contributed by atoms with Crippen molar-refractivity contribution in [1.82, 2.24) is 14.5 Å². The van der Waals surface area contributed by atoms with Crippen molar-refractivity contribution in [3.63, 3.8) is 0 Å². The average molecular weight is 423 g/mol. The smallest absolute Gasteiger partial charge is 0.261 e. The summed E-state index contributed by atoms with van der Waals surface area (Å²) >= 11 is 0. The van der Waals surface area contributed by atoms with Crippen LogP contribution in [0, 0.1) is 6.92 Å². The van der Waals surface area contributed by atoms with Crippen molar-refractivity contribution in [3.8, 4) is 11.4 Å². The van der Waals surface area contributed by atoms with Gasteiger partial charge in [0, 0.05) is 5.69 Å². The average Bonchev–Trinajstić information content (AvgIpc) is 3.09. The van der Waals surface area contributed by atoms with Gasteiger partial charge in [-0.2, -0.15) is 0 Å². The monoisotopic (exact) mass is 423 g/mol. The van der Waals surface area contributed by atoms with E-state index in [9.17, 15) is 4.79 Å². The Labute approximate surface area is 184 Å². The Kier molecular flexibility index (Phi) is 4.71. The van der Waals surface area contributed by atoms with E-state index in [1.807, 2.05) is 67.6 Å². The number of para-hydroxylation sites is 4. The summed E-state index contributed by atoms with van der Waals surface area (Å²) in [6, 6.07) is 22.6. The standard InChI is InChI=1S/C25H21N5O2/c1-15-11-13-16(14-12-15)30-23(26)21(25(31)29-19-9-5-6-10-20(19)32-2)22-24(30)28-18-8-4-3-7-17(18)27-22/h3-14H,26H2,1-2H3,(H,29,31). The van der Waals surface area contributed by atoms with Gasteiger partial charge in [-0.05, 0) is 43.3 Å². The minimum Gasteiger partial charge on any atom is -0.495 e. The molecule has 0 unspecified atom stereocenters. The quantitative estimate of drug-likeness (QED) is 0.436. The number of carbonyl (C=O) groups is 1. The van der Waals surface area contributed by atoms with Crippen LogP contribution in [0.5, 0.6) is 5.75 Å². The number of nitrogens with one attached hydrogen (secondary N) is 1. The fourth-order valence-electron chi connectivity index (χ4n) is 3.77. The van der Waals surface area contributed by atoms with Crippen molar-refractivity contribution in [2.75, 3.05) is 18.2 Å². The highest BCUT2D eigenvalue weighted by molar-refractivity contribution is 6.16. The van der Waals surface area contributed by atoms with Crippen molar-refractivity contribution in [1.29, 1.82) is 0 Å². The van der Waals surface area contributed by atoms with Gasteiger partial charge in [-0.25, -0.2) is 9.97 Å². The van der Waals surface area contributed by atoms with Crippen LogP contribution in [0.15, 0.2) is 72.8 Å². The first-order valence-corrected chi connectivity index (χ1v) is 10.1. The molecule has 7 nitrogen and oxygen atoms in total. The molecule has 5 rings (SSSR count). The normalized spacial score (nSPS) is 11.1. The molecule has 0 saturated carbocycles. The third-order valence-corrected chi connectivity index (χ3v) is 5.37. The topological polar surface area (TPSA) is 95.1 Å². The molecule has 3 aromatic carbocycles. The molecule has 0 bridgehead atoms. The van der Waals surface area contributed by atoms with Crippen LogP contribution in [-0.2, 0) is 0 Å². The predicted molar refractivity (Wildman–Crippen MR) is 126 cm³/mol. The van der Waals surface area contributed by atoms with E-state index in [1.54, 1.807) is 23.8 Å². The van der Waals surface area contributed by atoms with Gasteiger partial charge in [-0.1, -0.05) is 42.0 Å². The van der Waals surface area contributed by atoms with Gasteiger partial charge in [0.1, 0.15) is 22.6 Å². The van der Waals surface area contributed by atoms with Gasteiger partial charge >= 0.3 is 0 Å². The van der Waals surface area contributed by atoms with Gasteiger partial charge in [0.05, 0.1) is 23.8 Å². The van der Waals surface area contributed by atoms with Gasteiger partial charge in [-0.15, -0.1) is 0 Å². The number of ether oxygens (including phenoxy) is 1. The Bertz CT molecular complexity index is 1470. The molecule has 0 aliphatic heterocycles. The van der Waals surface area contributed by atoms with E-state index < -0.39 is 0 Å². The zero-order chi connectivity index (χ0) is 22.2. The highest BCUT2D eigenvalue weighted by Gasteiger charge is 2.25. The van der Waals surface area contributed by atoms with E-state index in [0.717, 1.165) is 16.8 Å². The maximum Gasteiger partial charge on any atom is 0.261 e. The van der Waals surface area contributed by atoms with E-state index in [1.165, 1.54) is 0 Å². The van der Waals surface area contributed by atoms with Crippen LogP contribution in [0.1, 0.15) is 15.9 Å². The summed E-state index contributed by atoms with van der Waals surface area (Å²) in [5.74, 6) is 0.442. The Balaban J connectivity index is 1.74. The lowest BCUT2D eigenvalue weighted by Crippen LogP contribution is -2.15. The van der Waals surface area contributed by atoms with Crippen molar-refractivity contribution >= 4 is 39.6 Å². The first kappa shape index (κ1) is 19.6. The first-order valence-electron chi connectivity index (χ1n) is 10.1. The number of anilines is 2. The van der Waals surface area contributed by atoms with Crippen molar-refractivity contribution < 1.29 is 9.53 Å². The lowest BCUT2D eigenvalue weighted by Gasteiger charge is -2.10. The molecule has 158 valence electrons. The third-order valence-electron chi connectivity index (χ3n) is 5.37. The molecule has 0 saturated heterocycles. The minimum absolute atomic E-state index is 0.268. The number of fused-ring (bicyclic) bond motifs is 2. The SMILES string of the molecule is COc1ccccc1NC(=O)c1c(N)n(-c2ccc(C)cc2)c2nc3ccccc3nc12. The van der Waals surface area contributed by atoms with Gasteiger partial charge < -0.3 is 15.8 Å². The van der Waals surface area contributed by atoms with E-state index in [-0.39, 0.29) is 17.3 Å². The van der Waals surface area contributed by atoms with Crippen molar-refractivity contribution in [2.24, 2.45) is 0 Å². The number of hydrogen-bond acceptors (Lipinski definition) is 5. The van der Waals surface area contributed by atoms with Gasteiger partial charge in [0.15, 0.2) is 5.65 Å². The number of aromatic nitrogens is 3. The summed E-state index contributed by atoms with van der Waals surface area (Å²) in [6.45, 7) is 2.01. The third kappa shape index (κ3) is 3.20. The number of nitrogens with zero attached hydrogens (tertiary/aromatic N) is 3. The molecule has 7 heteroatoms. The minimum atomic E-state index is -0.382. The van der Waals surface area contributed by atoms with E-state index >= 15 is 0 Å². The van der Waals surface area contributed by atoms with Crippen LogP contribution in [0.4, 0.5) is 11.5 Å². The molecular weight excluding hydrogens is 402 g/mol. The molecule has 3 N–H and O–H groups in total. The van der Waals surface area contributed by atoms with Crippen LogP contribution < -0.4 is 15.8 Å². The number of amides is 1. The van der Waals surface area contributed by atoms with E-state index in [0.29, 0.717) is 28.1 Å². The number of benzene rings is 3. The van der Waals surface area contributed by atoms with Crippen LogP contribution in [-0.4, -0.2) is 27.6 Å². The Hall–Kier alpha value is -4.39. The molecule has 1 amide bonds. The van der Waals surface area contributed by atoms with E-state index in [2.05, 4.69) is 5.32 Å². The van der Waals surface area contributed by atoms with Crippen molar-refractivity contribution in [3.05, 3.63) is 83.9 Å². The van der Waals surface area contributed by atoms with Crippen LogP contribution in [0.25, 0.3) is 27.9 Å². The molecule has 0 fully saturated rings. The summed E-state index contributed by atoms with van der Waals surface area (Å²) in [5.41, 5.74) is 11.7. The van der Waals surface area contributed by atoms with Crippen molar-refractivity contribution in [2.45, 2.75) is 6.92 Å². The second-order valence-electron chi connectivity index (χ2n) is 7.47. The summed E-state index contributed by atoms with van der Waals surface area (Å²) < 4.78 is 7.13. The largest absolute Gasteiger partial charge is 0.495 e. The molecule has 2 aromatic heterocycles. The molecule has 0 aliphatic carbocycles. The zero-order valence-corrected chi connectivity index (χ0v) is 17.7. The molecular formula is C25H21N5O2. The highest BCUT2D eigenvalue weighted by Crippen LogP contribution is 2.32. The van der Waals surface area contributed by atoms with Crippen LogP contribution in [0.2, 0.25) is 0 Å². The second kappa shape index (κ2) is 7.70. The van der Waals surface area contributed by atoms with Gasteiger partial charge in [-0.3, -0.25) is 9.36 Å². The Morgan fingerprint density at radius 3 is 2.31 bits per heavy atom. The Morgan fingerprint density at radius 2 is 1.59 bits per heavy atom. The molecule has 2 heterocycles. The summed E-state index contributed by atoms with van der Waals surface area (Å²) in [5, 5.41) is 2.91. The Morgan fingerprint density at radius 1 is 0.938 bits per heavy atom. The molecule has 32 heavy (non-hydrogen) atoms. The fraction of sp³-hybridized carbons (Fsp3) is 0.0800. The number of rotatable bonds is 4. The van der Waals surface area contributed by atoms with Gasteiger partial charge in [0.2, 0.25) is 0 Å².